The van der Waals surface area contributed by atoms with Gasteiger partial charge in [-0.05, 0) is 62.4 Å². The van der Waals surface area contributed by atoms with E-state index < -0.39 is 5.91 Å². The van der Waals surface area contributed by atoms with Crippen molar-refractivity contribution in [2.24, 2.45) is 11.7 Å². The normalized spacial score (nSPS) is 17.8. The van der Waals surface area contributed by atoms with Crippen LogP contribution in [0.2, 0.25) is 5.02 Å². The van der Waals surface area contributed by atoms with Gasteiger partial charge in [-0.1, -0.05) is 11.6 Å². The molecule has 44 heavy (non-hydrogen) atoms. The molecular weight excluding hydrogens is 637 g/mol. The first kappa shape index (κ1) is 34.7. The molecule has 1 aliphatic carbocycles. The number of nitrogens with zero attached hydrogens (tertiary/aromatic N) is 2. The summed E-state index contributed by atoms with van der Waals surface area (Å²) in [5, 5.41) is 13.6. The van der Waals surface area contributed by atoms with Gasteiger partial charge in [0.25, 0.3) is 5.91 Å². The molecular formula is C28H34Cl3N7O6. The second-order valence-corrected chi connectivity index (χ2v) is 10.6. The number of likely N-dealkylation sites (tertiary alicyclic amines) is 1. The van der Waals surface area contributed by atoms with Crippen molar-refractivity contribution < 1.29 is 28.4 Å². The number of hydroxylamine groups is 1. The molecule has 1 saturated heterocycles. The number of ether oxygens (including phenoxy) is 1. The summed E-state index contributed by atoms with van der Waals surface area (Å²) in [5.41, 5.74) is 8.00. The molecule has 16 heteroatoms. The standard InChI is InChI=1S/C28H32ClN7O6.2ClH/c29-17-5-10-22(32-15-17)33-27(39)25-24(20-14-19(8-9-21(20)42-25)40-12-13-41-35-28(30)31)34-26(38)16-3-6-18(7-4-16)36-11-1-2-23(36)37;;/h5,8-10,14-16,18H,1-4,6-7,11-13H2,(H,34,38)(H4,30,31,35)(H,32,33,39);2*1H/t16-,18-;;. The van der Waals surface area contributed by atoms with Crippen molar-refractivity contribution in [3.05, 3.63) is 47.3 Å². The van der Waals surface area contributed by atoms with E-state index in [2.05, 4.69) is 21.1 Å². The van der Waals surface area contributed by atoms with Crippen LogP contribution in [0.4, 0.5) is 11.5 Å². The predicted octanol–water partition coefficient (Wildman–Crippen LogP) is 4.49. The van der Waals surface area contributed by atoms with E-state index in [1.807, 2.05) is 4.90 Å². The summed E-state index contributed by atoms with van der Waals surface area (Å²) < 4.78 is 11.6. The van der Waals surface area contributed by atoms with E-state index in [-0.39, 0.29) is 85.0 Å². The minimum Gasteiger partial charge on any atom is -0.491 e. The Morgan fingerprint density at radius 2 is 1.89 bits per heavy atom. The topological polar surface area (TPSA) is 185 Å². The maximum absolute atomic E-state index is 13.5. The molecule has 3 heterocycles. The molecule has 5 rings (SSSR count). The molecule has 2 aromatic heterocycles. The van der Waals surface area contributed by atoms with Gasteiger partial charge in [-0.25, -0.2) is 10.5 Å². The van der Waals surface area contributed by atoms with Gasteiger partial charge < -0.3 is 30.4 Å². The van der Waals surface area contributed by atoms with Crippen LogP contribution in [-0.2, 0) is 14.4 Å². The molecule has 3 amide bonds. The Morgan fingerprint density at radius 1 is 1.11 bits per heavy atom. The lowest BCUT2D eigenvalue weighted by Crippen LogP contribution is -2.40. The highest BCUT2D eigenvalue weighted by molar-refractivity contribution is 6.30. The summed E-state index contributed by atoms with van der Waals surface area (Å²) in [6, 6.07) is 8.29. The number of hydrogen-bond donors (Lipinski definition) is 5. The SMILES string of the molecule is Cl.Cl.N=C(N)NOCCOc1ccc2oc(C(=O)Nc3ccc(Cl)cn3)c(NC(=O)[C@H]3CC[C@H](N4CCCC4=O)CC3)c2c1. The molecule has 0 unspecified atom stereocenters. The Balaban J connectivity index is 0.00000264. The number of guanidine groups is 1. The predicted molar refractivity (Wildman–Crippen MR) is 170 cm³/mol. The molecule has 1 aromatic carbocycles. The monoisotopic (exact) mass is 669 g/mol. The summed E-state index contributed by atoms with van der Waals surface area (Å²) in [7, 11) is 0. The van der Waals surface area contributed by atoms with Crippen LogP contribution in [0.5, 0.6) is 5.75 Å². The third kappa shape index (κ3) is 8.44. The third-order valence-electron chi connectivity index (χ3n) is 7.34. The number of halogens is 3. The molecule has 3 aromatic rings. The Kier molecular flexibility index (Phi) is 12.5. The zero-order valence-corrected chi connectivity index (χ0v) is 26.0. The third-order valence-corrected chi connectivity index (χ3v) is 7.56. The van der Waals surface area contributed by atoms with Crippen LogP contribution >= 0.6 is 36.4 Å². The highest BCUT2D eigenvalue weighted by atomic mass is 35.5. The number of anilines is 2. The van der Waals surface area contributed by atoms with E-state index in [9.17, 15) is 14.4 Å². The molecule has 238 valence electrons. The van der Waals surface area contributed by atoms with Gasteiger partial charge in [-0.3, -0.25) is 24.6 Å². The Morgan fingerprint density at radius 3 is 2.55 bits per heavy atom. The average molecular weight is 671 g/mol. The number of benzene rings is 1. The smallest absolute Gasteiger partial charge is 0.294 e. The zero-order chi connectivity index (χ0) is 29.6. The van der Waals surface area contributed by atoms with Gasteiger partial charge in [0.2, 0.25) is 23.5 Å². The summed E-state index contributed by atoms with van der Waals surface area (Å²) in [6.07, 6.45) is 5.66. The van der Waals surface area contributed by atoms with E-state index >= 15 is 0 Å². The minimum absolute atomic E-state index is 0. The highest BCUT2D eigenvalue weighted by Gasteiger charge is 2.34. The minimum atomic E-state index is -0.598. The maximum atomic E-state index is 13.5. The second kappa shape index (κ2) is 15.8. The second-order valence-electron chi connectivity index (χ2n) is 10.2. The fourth-order valence-electron chi connectivity index (χ4n) is 5.33. The number of carbonyl (C=O) groups is 3. The quantitative estimate of drug-likeness (QED) is 0.0897. The number of hydrogen-bond acceptors (Lipinski definition) is 8. The first-order chi connectivity index (χ1) is 20.3. The lowest BCUT2D eigenvalue weighted by Gasteiger charge is -2.34. The van der Waals surface area contributed by atoms with Crippen LogP contribution in [0.15, 0.2) is 40.9 Å². The molecule has 0 atom stereocenters. The number of aromatic nitrogens is 1. The Bertz CT molecular complexity index is 1480. The molecule has 0 spiro atoms. The number of furan rings is 1. The molecule has 2 fully saturated rings. The summed E-state index contributed by atoms with van der Waals surface area (Å²) in [6.45, 7) is 1.04. The van der Waals surface area contributed by atoms with Crippen LogP contribution in [0.1, 0.15) is 49.1 Å². The number of amides is 3. The average Bonchev–Trinajstić information content (AvgIpc) is 3.57. The molecule has 0 bridgehead atoms. The lowest BCUT2D eigenvalue weighted by molar-refractivity contribution is -0.130. The maximum Gasteiger partial charge on any atom is 0.294 e. The number of rotatable bonds is 10. The molecule has 1 aliphatic heterocycles. The van der Waals surface area contributed by atoms with Gasteiger partial charge in [0, 0.05) is 36.5 Å². The van der Waals surface area contributed by atoms with Crippen LogP contribution in [0.25, 0.3) is 11.0 Å². The van der Waals surface area contributed by atoms with Gasteiger partial charge in [0.1, 0.15) is 36.1 Å². The van der Waals surface area contributed by atoms with Crippen LogP contribution in [0.3, 0.4) is 0 Å². The fourth-order valence-corrected chi connectivity index (χ4v) is 5.45. The zero-order valence-electron chi connectivity index (χ0n) is 23.6. The first-order valence-corrected chi connectivity index (χ1v) is 14.1. The van der Waals surface area contributed by atoms with Crippen molar-refractivity contribution >= 4 is 82.6 Å². The first-order valence-electron chi connectivity index (χ1n) is 13.7. The Labute approximate surface area is 270 Å². The fraction of sp³-hybridized carbons (Fsp3) is 0.393. The number of pyridine rings is 1. The number of nitrogens with two attached hydrogens (primary N) is 1. The van der Waals surface area contributed by atoms with Crippen LogP contribution in [0, 0.1) is 11.3 Å². The lowest BCUT2D eigenvalue weighted by atomic mass is 9.84. The largest absolute Gasteiger partial charge is 0.491 e. The van der Waals surface area contributed by atoms with E-state index in [4.69, 9.17) is 36.7 Å². The van der Waals surface area contributed by atoms with Crippen molar-refractivity contribution in [3.8, 4) is 5.75 Å². The summed E-state index contributed by atoms with van der Waals surface area (Å²) in [5.74, 6) is -0.601. The van der Waals surface area contributed by atoms with Crippen LogP contribution in [-0.4, -0.2) is 59.4 Å². The highest BCUT2D eigenvalue weighted by Crippen LogP contribution is 2.36. The van der Waals surface area contributed by atoms with Crippen molar-refractivity contribution in [1.82, 2.24) is 15.4 Å². The molecule has 6 N–H and O–H groups in total. The molecule has 2 aliphatic rings. The molecule has 0 radical (unpaired) electrons. The van der Waals surface area contributed by atoms with Gasteiger partial charge in [0.15, 0.2) is 0 Å². The van der Waals surface area contributed by atoms with Crippen molar-refractivity contribution in [2.75, 3.05) is 30.4 Å². The van der Waals surface area contributed by atoms with Crippen molar-refractivity contribution in [1.29, 1.82) is 5.41 Å². The molecule has 1 saturated carbocycles. The van der Waals surface area contributed by atoms with E-state index in [1.165, 1.54) is 6.20 Å². The van der Waals surface area contributed by atoms with E-state index in [0.29, 0.717) is 41.0 Å². The van der Waals surface area contributed by atoms with Gasteiger partial charge >= 0.3 is 0 Å². The number of fused-ring (bicyclic) bond motifs is 1. The van der Waals surface area contributed by atoms with Crippen LogP contribution < -0.4 is 26.6 Å². The summed E-state index contributed by atoms with van der Waals surface area (Å²) in [4.78, 5) is 50.0. The number of nitrogens with one attached hydrogen (secondary N) is 4. The van der Waals surface area contributed by atoms with Crippen molar-refractivity contribution in [2.45, 2.75) is 44.6 Å². The summed E-state index contributed by atoms with van der Waals surface area (Å²) >= 11 is 5.91. The Hall–Kier alpha value is -3.78. The van der Waals surface area contributed by atoms with Gasteiger partial charge in [-0.15, -0.1) is 24.8 Å². The number of carbonyl (C=O) groups excluding carboxylic acids is 3. The van der Waals surface area contributed by atoms with E-state index in [1.54, 1.807) is 30.3 Å². The van der Waals surface area contributed by atoms with Crippen molar-refractivity contribution in [3.63, 3.8) is 0 Å². The van der Waals surface area contributed by atoms with Gasteiger partial charge in [0.05, 0.1) is 5.02 Å². The van der Waals surface area contributed by atoms with Gasteiger partial charge in [-0.2, -0.15) is 0 Å². The van der Waals surface area contributed by atoms with E-state index in [0.717, 1.165) is 25.8 Å². The molecule has 13 nitrogen and oxygen atoms in total.